The molecule has 0 aliphatic rings. The van der Waals surface area contributed by atoms with Crippen LogP contribution in [0.1, 0.15) is 21.5 Å². The highest BCUT2D eigenvalue weighted by molar-refractivity contribution is 7.99. The Labute approximate surface area is 179 Å². The third kappa shape index (κ3) is 5.57. The van der Waals surface area contributed by atoms with E-state index in [-0.39, 0.29) is 11.9 Å². The van der Waals surface area contributed by atoms with Crippen LogP contribution in [-0.2, 0) is 6.54 Å². The number of aryl methyl sites for hydroxylation is 1. The van der Waals surface area contributed by atoms with Crippen LogP contribution in [0.2, 0.25) is 0 Å². The molecule has 1 aromatic heterocycles. The molecule has 30 heavy (non-hydrogen) atoms. The lowest BCUT2D eigenvalue weighted by molar-refractivity contribution is 0.0963. The molecular weight excluding hydrogens is 398 g/mol. The van der Waals surface area contributed by atoms with E-state index in [2.05, 4.69) is 20.6 Å². The van der Waals surface area contributed by atoms with E-state index in [9.17, 15) is 9.59 Å². The van der Waals surface area contributed by atoms with E-state index >= 15 is 0 Å². The highest BCUT2D eigenvalue weighted by atomic mass is 32.2. The van der Waals surface area contributed by atoms with Gasteiger partial charge in [-0.3, -0.25) is 4.79 Å². The number of benzene rings is 2. The van der Waals surface area contributed by atoms with E-state index in [4.69, 9.17) is 0 Å². The average molecular weight is 422 g/mol. The Morgan fingerprint density at radius 1 is 1.07 bits per heavy atom. The van der Waals surface area contributed by atoms with Gasteiger partial charge in [-0.25, -0.2) is 14.8 Å². The van der Waals surface area contributed by atoms with E-state index in [1.165, 1.54) is 11.8 Å². The third-order valence-corrected chi connectivity index (χ3v) is 5.28. The molecule has 3 amide bonds. The van der Waals surface area contributed by atoms with Gasteiger partial charge in [-0.05, 0) is 66.2 Å². The van der Waals surface area contributed by atoms with Gasteiger partial charge in [0, 0.05) is 49.2 Å². The zero-order valence-corrected chi connectivity index (χ0v) is 17.9. The van der Waals surface area contributed by atoms with Crippen molar-refractivity contribution >= 4 is 29.4 Å². The second kappa shape index (κ2) is 9.89. The summed E-state index contributed by atoms with van der Waals surface area (Å²) in [5, 5.41) is 6.21. The first-order chi connectivity index (χ1) is 14.5. The van der Waals surface area contributed by atoms with Gasteiger partial charge in [0.25, 0.3) is 5.91 Å². The van der Waals surface area contributed by atoms with Gasteiger partial charge in [-0.15, -0.1) is 0 Å². The average Bonchev–Trinajstić information content (AvgIpc) is 2.76. The van der Waals surface area contributed by atoms with Crippen LogP contribution in [0.25, 0.3) is 0 Å². The minimum absolute atomic E-state index is 0.136. The van der Waals surface area contributed by atoms with Crippen molar-refractivity contribution in [1.82, 2.24) is 20.2 Å². The SMILES string of the molecule is CNC(=O)c1ccc(CN(C)C(=O)Nc2ccc(Sc3ncccn3)cc2C)cc1. The summed E-state index contributed by atoms with van der Waals surface area (Å²) in [6.07, 6.45) is 3.41. The number of carbonyl (C=O) groups is 2. The topological polar surface area (TPSA) is 87.2 Å². The zero-order chi connectivity index (χ0) is 21.5. The number of aromatic nitrogens is 2. The molecule has 8 heteroatoms. The van der Waals surface area contributed by atoms with Gasteiger partial charge in [0.05, 0.1) is 0 Å². The summed E-state index contributed by atoms with van der Waals surface area (Å²) in [4.78, 5) is 35.2. The quantitative estimate of drug-likeness (QED) is 0.588. The van der Waals surface area contributed by atoms with Crippen molar-refractivity contribution in [3.05, 3.63) is 77.6 Å². The summed E-state index contributed by atoms with van der Waals surface area (Å²) in [5.74, 6) is -0.136. The number of urea groups is 1. The summed E-state index contributed by atoms with van der Waals surface area (Å²) >= 11 is 1.47. The van der Waals surface area contributed by atoms with Gasteiger partial charge in [-0.2, -0.15) is 0 Å². The number of hydrogen-bond donors (Lipinski definition) is 2. The lowest BCUT2D eigenvalue weighted by Crippen LogP contribution is -2.31. The van der Waals surface area contributed by atoms with E-state index in [0.717, 1.165) is 21.7 Å². The van der Waals surface area contributed by atoms with Crippen LogP contribution >= 0.6 is 11.8 Å². The molecule has 0 spiro atoms. The van der Waals surface area contributed by atoms with Crippen LogP contribution in [0.4, 0.5) is 10.5 Å². The van der Waals surface area contributed by atoms with E-state index in [0.29, 0.717) is 17.3 Å². The van der Waals surface area contributed by atoms with Gasteiger partial charge in [0.15, 0.2) is 5.16 Å². The minimum Gasteiger partial charge on any atom is -0.355 e. The van der Waals surface area contributed by atoms with E-state index in [1.807, 2.05) is 37.3 Å². The highest BCUT2D eigenvalue weighted by Crippen LogP contribution is 2.28. The molecule has 154 valence electrons. The first-order valence-electron chi connectivity index (χ1n) is 9.35. The van der Waals surface area contributed by atoms with Gasteiger partial charge < -0.3 is 15.5 Å². The number of nitrogens with one attached hydrogen (secondary N) is 2. The number of carbonyl (C=O) groups excluding carboxylic acids is 2. The zero-order valence-electron chi connectivity index (χ0n) is 17.0. The minimum atomic E-state index is -0.208. The Hall–Kier alpha value is -3.39. The van der Waals surface area contributed by atoms with Gasteiger partial charge >= 0.3 is 6.03 Å². The standard InChI is InChI=1S/C22H23N5O2S/c1-15-13-18(30-21-24-11-4-12-25-21)9-10-19(15)26-22(29)27(3)14-16-5-7-17(8-6-16)20(28)23-2/h4-13H,14H2,1-3H3,(H,23,28)(H,26,29). The molecule has 1 heterocycles. The molecule has 0 radical (unpaired) electrons. The fraction of sp³-hybridized carbons (Fsp3) is 0.182. The molecule has 0 bridgehead atoms. The lowest BCUT2D eigenvalue weighted by Gasteiger charge is -2.19. The van der Waals surface area contributed by atoms with Crippen LogP contribution in [0.15, 0.2) is 71.0 Å². The Kier molecular flexibility index (Phi) is 7.03. The number of rotatable bonds is 6. The summed E-state index contributed by atoms with van der Waals surface area (Å²) in [7, 11) is 3.32. The largest absolute Gasteiger partial charge is 0.355 e. The fourth-order valence-electron chi connectivity index (χ4n) is 2.75. The van der Waals surface area contributed by atoms with Crippen molar-refractivity contribution in [3.8, 4) is 0 Å². The third-order valence-electron chi connectivity index (χ3n) is 4.40. The van der Waals surface area contributed by atoms with Crippen LogP contribution in [0.5, 0.6) is 0 Å². The van der Waals surface area contributed by atoms with Gasteiger partial charge in [-0.1, -0.05) is 12.1 Å². The highest BCUT2D eigenvalue weighted by Gasteiger charge is 2.12. The molecule has 3 rings (SSSR count). The molecule has 2 N–H and O–H groups in total. The molecule has 0 fully saturated rings. The Morgan fingerprint density at radius 2 is 1.77 bits per heavy atom. The molecule has 0 saturated heterocycles. The molecular formula is C22H23N5O2S. The second-order valence-electron chi connectivity index (χ2n) is 6.67. The lowest BCUT2D eigenvalue weighted by atomic mass is 10.1. The van der Waals surface area contributed by atoms with Crippen molar-refractivity contribution in [1.29, 1.82) is 0 Å². The second-order valence-corrected chi connectivity index (χ2v) is 7.71. The monoisotopic (exact) mass is 421 g/mol. The molecule has 0 saturated carbocycles. The number of hydrogen-bond acceptors (Lipinski definition) is 5. The van der Waals surface area contributed by atoms with Crippen LogP contribution in [-0.4, -0.2) is 40.9 Å². The first kappa shape index (κ1) is 21.3. The predicted molar refractivity (Wildman–Crippen MR) is 118 cm³/mol. The molecule has 7 nitrogen and oxygen atoms in total. The predicted octanol–water partition coefficient (Wildman–Crippen LogP) is 3.96. The maximum absolute atomic E-state index is 12.6. The van der Waals surface area contributed by atoms with Crippen LogP contribution in [0, 0.1) is 6.92 Å². The van der Waals surface area contributed by atoms with E-state index < -0.39 is 0 Å². The Bertz CT molecular complexity index is 1030. The Morgan fingerprint density at radius 3 is 2.40 bits per heavy atom. The number of nitrogens with zero attached hydrogens (tertiary/aromatic N) is 3. The molecule has 0 unspecified atom stereocenters. The molecule has 3 aromatic rings. The van der Waals surface area contributed by atoms with Crippen LogP contribution < -0.4 is 10.6 Å². The normalized spacial score (nSPS) is 10.4. The van der Waals surface area contributed by atoms with Crippen LogP contribution in [0.3, 0.4) is 0 Å². The number of amides is 3. The van der Waals surface area contributed by atoms with Crippen molar-refractivity contribution in [2.24, 2.45) is 0 Å². The summed E-state index contributed by atoms with van der Waals surface area (Å²) < 4.78 is 0. The van der Waals surface area contributed by atoms with Crippen molar-refractivity contribution in [2.75, 3.05) is 19.4 Å². The van der Waals surface area contributed by atoms with Crippen molar-refractivity contribution in [3.63, 3.8) is 0 Å². The van der Waals surface area contributed by atoms with Gasteiger partial charge in [0.1, 0.15) is 0 Å². The van der Waals surface area contributed by atoms with Crippen molar-refractivity contribution in [2.45, 2.75) is 23.5 Å². The fourth-order valence-corrected chi connectivity index (χ4v) is 3.56. The number of anilines is 1. The first-order valence-corrected chi connectivity index (χ1v) is 10.2. The summed E-state index contributed by atoms with van der Waals surface area (Å²) in [5.41, 5.74) is 3.22. The maximum atomic E-state index is 12.6. The smallest absolute Gasteiger partial charge is 0.321 e. The Balaban J connectivity index is 1.60. The molecule has 0 aliphatic heterocycles. The summed E-state index contributed by atoms with van der Waals surface area (Å²) in [6, 6.07) is 14.6. The molecule has 0 atom stereocenters. The summed E-state index contributed by atoms with van der Waals surface area (Å²) in [6.45, 7) is 2.38. The molecule has 2 aromatic carbocycles. The maximum Gasteiger partial charge on any atom is 0.321 e. The van der Waals surface area contributed by atoms with Crippen molar-refractivity contribution < 1.29 is 9.59 Å². The van der Waals surface area contributed by atoms with Gasteiger partial charge in [0.2, 0.25) is 0 Å². The van der Waals surface area contributed by atoms with E-state index in [1.54, 1.807) is 49.6 Å². The molecule has 0 aliphatic carbocycles.